The summed E-state index contributed by atoms with van der Waals surface area (Å²) in [6.07, 6.45) is 3.60. The Bertz CT molecular complexity index is 112. The first kappa shape index (κ1) is 10.1. The Balaban J connectivity index is 2.83. The van der Waals surface area contributed by atoms with E-state index in [1.807, 2.05) is 23.5 Å². The van der Waals surface area contributed by atoms with Crippen LogP contribution in [0.1, 0.15) is 0 Å². The van der Waals surface area contributed by atoms with Gasteiger partial charge in [0.2, 0.25) is 6.08 Å². The molecular formula is C6H11NOS2. The molecule has 0 aliphatic rings. The van der Waals surface area contributed by atoms with Gasteiger partial charge in [-0.25, -0.2) is 9.79 Å². The van der Waals surface area contributed by atoms with E-state index in [0.29, 0.717) is 6.54 Å². The molecule has 0 saturated heterocycles. The summed E-state index contributed by atoms with van der Waals surface area (Å²) in [4.78, 5) is 13.0. The van der Waals surface area contributed by atoms with Crippen LogP contribution in [-0.4, -0.2) is 36.1 Å². The fourth-order valence-corrected chi connectivity index (χ4v) is 1.96. The molecule has 0 heterocycles. The second-order valence-electron chi connectivity index (χ2n) is 1.58. The normalized spacial score (nSPS) is 8.90. The van der Waals surface area contributed by atoms with Gasteiger partial charge >= 0.3 is 0 Å². The largest absolute Gasteiger partial charge is 0.234 e. The van der Waals surface area contributed by atoms with Gasteiger partial charge in [-0.2, -0.15) is 23.5 Å². The van der Waals surface area contributed by atoms with E-state index in [1.54, 1.807) is 0 Å². The number of hydrogen-bond donors (Lipinski definition) is 0. The Morgan fingerprint density at radius 2 is 2.20 bits per heavy atom. The van der Waals surface area contributed by atoms with Gasteiger partial charge in [-0.05, 0) is 6.26 Å². The summed E-state index contributed by atoms with van der Waals surface area (Å²) in [5.74, 6) is 3.26. The lowest BCUT2D eigenvalue weighted by molar-refractivity contribution is 0.563. The van der Waals surface area contributed by atoms with E-state index in [-0.39, 0.29) is 0 Å². The van der Waals surface area contributed by atoms with Gasteiger partial charge in [-0.3, -0.25) is 0 Å². The molecule has 0 atom stereocenters. The molecular weight excluding hydrogens is 166 g/mol. The Kier molecular flexibility index (Phi) is 9.15. The molecule has 0 aromatic rings. The number of isocyanates is 1. The second-order valence-corrected chi connectivity index (χ2v) is 3.79. The van der Waals surface area contributed by atoms with Crippen molar-refractivity contribution in [2.24, 2.45) is 4.99 Å². The zero-order valence-electron chi connectivity index (χ0n) is 6.00. The molecule has 0 aliphatic carbocycles. The number of nitrogens with zero attached hydrogens (tertiary/aromatic N) is 1. The molecule has 0 spiro atoms. The predicted octanol–water partition coefficient (Wildman–Crippen LogP) is 1.42. The van der Waals surface area contributed by atoms with Gasteiger partial charge in [0.25, 0.3) is 0 Å². The molecule has 0 amide bonds. The van der Waals surface area contributed by atoms with Gasteiger partial charge in [0.1, 0.15) is 0 Å². The monoisotopic (exact) mass is 177 g/mol. The van der Waals surface area contributed by atoms with Crippen molar-refractivity contribution in [3.8, 4) is 0 Å². The van der Waals surface area contributed by atoms with Gasteiger partial charge in [0, 0.05) is 17.3 Å². The predicted molar refractivity (Wildman–Crippen MR) is 48.7 cm³/mol. The lowest BCUT2D eigenvalue weighted by Gasteiger charge is -1.94. The number of rotatable bonds is 6. The van der Waals surface area contributed by atoms with Crippen LogP contribution in [0, 0.1) is 0 Å². The van der Waals surface area contributed by atoms with E-state index >= 15 is 0 Å². The van der Waals surface area contributed by atoms with E-state index in [0.717, 1.165) is 11.5 Å². The van der Waals surface area contributed by atoms with E-state index in [9.17, 15) is 4.79 Å². The van der Waals surface area contributed by atoms with E-state index in [4.69, 9.17) is 0 Å². The van der Waals surface area contributed by atoms with Crippen molar-refractivity contribution >= 4 is 29.6 Å². The molecule has 0 aromatic heterocycles. The highest BCUT2D eigenvalue weighted by molar-refractivity contribution is 8.02. The van der Waals surface area contributed by atoms with Gasteiger partial charge in [-0.15, -0.1) is 0 Å². The first-order valence-electron chi connectivity index (χ1n) is 3.02. The lowest BCUT2D eigenvalue weighted by Crippen LogP contribution is -1.88. The number of hydrogen-bond acceptors (Lipinski definition) is 4. The van der Waals surface area contributed by atoms with Crippen LogP contribution >= 0.6 is 23.5 Å². The van der Waals surface area contributed by atoms with E-state index in [1.165, 1.54) is 11.8 Å². The van der Waals surface area contributed by atoms with Crippen molar-refractivity contribution in [3.05, 3.63) is 0 Å². The molecule has 0 rings (SSSR count). The molecule has 10 heavy (non-hydrogen) atoms. The topological polar surface area (TPSA) is 29.4 Å². The summed E-state index contributed by atoms with van der Waals surface area (Å²) in [5, 5.41) is 0. The third-order valence-electron chi connectivity index (χ3n) is 0.844. The van der Waals surface area contributed by atoms with Gasteiger partial charge < -0.3 is 0 Å². The highest BCUT2D eigenvalue weighted by atomic mass is 32.2. The third-order valence-corrected chi connectivity index (χ3v) is 2.68. The zero-order chi connectivity index (χ0) is 7.66. The molecule has 0 N–H and O–H groups in total. The van der Waals surface area contributed by atoms with Crippen molar-refractivity contribution in [2.45, 2.75) is 0 Å². The molecule has 0 bridgehead atoms. The summed E-state index contributed by atoms with van der Waals surface area (Å²) in [7, 11) is 0. The minimum atomic E-state index is 0.614. The van der Waals surface area contributed by atoms with Crippen LogP contribution in [0.2, 0.25) is 0 Å². The van der Waals surface area contributed by atoms with Crippen molar-refractivity contribution in [1.29, 1.82) is 0 Å². The molecule has 0 aromatic carbocycles. The van der Waals surface area contributed by atoms with Crippen LogP contribution in [0.4, 0.5) is 0 Å². The maximum absolute atomic E-state index is 9.59. The molecule has 0 fully saturated rings. The summed E-state index contributed by atoms with van der Waals surface area (Å²) < 4.78 is 0. The second kappa shape index (κ2) is 9.08. The van der Waals surface area contributed by atoms with Crippen LogP contribution in [0.25, 0.3) is 0 Å². The average Bonchev–Trinajstić information content (AvgIpc) is 1.97. The molecule has 0 saturated carbocycles. The fraction of sp³-hybridized carbons (Fsp3) is 0.833. The summed E-state index contributed by atoms with van der Waals surface area (Å²) in [5.41, 5.74) is 0. The maximum atomic E-state index is 9.59. The number of thioether (sulfide) groups is 2. The van der Waals surface area contributed by atoms with Crippen molar-refractivity contribution in [2.75, 3.05) is 30.1 Å². The Hall–Kier alpha value is 0.0800. The van der Waals surface area contributed by atoms with Gasteiger partial charge in [0.05, 0.1) is 6.54 Å². The maximum Gasteiger partial charge on any atom is 0.234 e. The van der Waals surface area contributed by atoms with Gasteiger partial charge in [-0.1, -0.05) is 0 Å². The van der Waals surface area contributed by atoms with E-state index in [2.05, 4.69) is 11.2 Å². The van der Waals surface area contributed by atoms with Gasteiger partial charge in [0.15, 0.2) is 0 Å². The van der Waals surface area contributed by atoms with Crippen molar-refractivity contribution in [1.82, 2.24) is 0 Å². The fourth-order valence-electron chi connectivity index (χ4n) is 0.400. The van der Waals surface area contributed by atoms with Crippen LogP contribution < -0.4 is 0 Å². The number of carbonyl (C=O) groups excluding carboxylic acids is 1. The zero-order valence-corrected chi connectivity index (χ0v) is 7.63. The molecule has 0 unspecified atom stereocenters. The van der Waals surface area contributed by atoms with Crippen LogP contribution in [0.15, 0.2) is 4.99 Å². The minimum absolute atomic E-state index is 0.614. The van der Waals surface area contributed by atoms with Crippen LogP contribution in [-0.2, 0) is 4.79 Å². The standard InChI is InChI=1S/C6H11NOS2/c1-9-4-5-10-3-2-7-6-8/h2-5H2,1H3. The minimum Gasteiger partial charge on any atom is -0.211 e. The summed E-state index contributed by atoms with van der Waals surface area (Å²) in [6, 6.07) is 0. The quantitative estimate of drug-likeness (QED) is 0.349. The molecule has 4 heteroatoms. The Morgan fingerprint density at radius 1 is 1.40 bits per heavy atom. The van der Waals surface area contributed by atoms with E-state index < -0.39 is 0 Å². The number of aliphatic imine (C=N–C) groups is 1. The first-order valence-corrected chi connectivity index (χ1v) is 5.57. The first-order chi connectivity index (χ1) is 4.91. The smallest absolute Gasteiger partial charge is 0.211 e. The molecule has 2 nitrogen and oxygen atoms in total. The molecule has 0 aliphatic heterocycles. The average molecular weight is 177 g/mol. The molecule has 0 radical (unpaired) electrons. The van der Waals surface area contributed by atoms with Crippen molar-refractivity contribution < 1.29 is 4.79 Å². The van der Waals surface area contributed by atoms with Crippen LogP contribution in [0.5, 0.6) is 0 Å². The third kappa shape index (κ3) is 8.08. The SMILES string of the molecule is CSCCSCCN=C=O. The Morgan fingerprint density at radius 3 is 2.80 bits per heavy atom. The summed E-state index contributed by atoms with van der Waals surface area (Å²) in [6.45, 7) is 0.614. The highest BCUT2D eigenvalue weighted by Gasteiger charge is 1.85. The summed E-state index contributed by atoms with van der Waals surface area (Å²) >= 11 is 3.66. The Labute approximate surface area is 69.9 Å². The molecule has 58 valence electrons. The highest BCUT2D eigenvalue weighted by Crippen LogP contribution is 2.02. The van der Waals surface area contributed by atoms with Crippen molar-refractivity contribution in [3.63, 3.8) is 0 Å². The lowest BCUT2D eigenvalue weighted by atomic mass is 10.8. The van der Waals surface area contributed by atoms with Crippen LogP contribution in [0.3, 0.4) is 0 Å².